The number of hydrogen-bond acceptors (Lipinski definition) is 1. The van der Waals surface area contributed by atoms with E-state index >= 15 is 0 Å². The van der Waals surface area contributed by atoms with Crippen LogP contribution in [0.15, 0.2) is 10.9 Å². The first-order valence-corrected chi connectivity index (χ1v) is 3.82. The second-order valence-electron chi connectivity index (χ2n) is 2.89. The summed E-state index contributed by atoms with van der Waals surface area (Å²) in [6.45, 7) is 0.999. The molecule has 0 spiro atoms. The Kier molecular flexibility index (Phi) is 2.83. The van der Waals surface area contributed by atoms with Gasteiger partial charge in [0.1, 0.15) is 0 Å². The smallest absolute Gasteiger partial charge is 0.325 e. The molecule has 15 heavy (non-hydrogen) atoms. The predicted molar refractivity (Wildman–Crippen MR) is 41.8 cm³/mol. The van der Waals surface area contributed by atoms with Crippen LogP contribution in [0.1, 0.15) is 23.2 Å². The van der Waals surface area contributed by atoms with E-state index in [2.05, 4.69) is 0 Å². The van der Waals surface area contributed by atoms with Crippen LogP contribution in [0.3, 0.4) is 0 Å². The van der Waals surface area contributed by atoms with E-state index in [1.54, 1.807) is 4.98 Å². The molecule has 1 N–H and O–H groups in total. The first-order valence-electron chi connectivity index (χ1n) is 3.82. The van der Waals surface area contributed by atoms with Crippen LogP contribution in [-0.2, 0) is 6.18 Å². The van der Waals surface area contributed by atoms with Gasteiger partial charge in [-0.25, -0.2) is 8.78 Å². The Morgan fingerprint density at radius 3 is 2.27 bits per heavy atom. The van der Waals surface area contributed by atoms with Crippen LogP contribution in [0.25, 0.3) is 0 Å². The second kappa shape index (κ2) is 3.63. The molecule has 2 nitrogen and oxygen atoms in total. The van der Waals surface area contributed by atoms with Gasteiger partial charge < -0.3 is 4.98 Å². The molecule has 7 heteroatoms. The van der Waals surface area contributed by atoms with Gasteiger partial charge in [0.05, 0.1) is 11.1 Å². The molecule has 1 aromatic rings. The lowest BCUT2D eigenvalue weighted by Crippen LogP contribution is -2.19. The summed E-state index contributed by atoms with van der Waals surface area (Å²) in [5.74, 6) is 0. The molecule has 0 unspecified atom stereocenters. The van der Waals surface area contributed by atoms with Gasteiger partial charge in [-0.1, -0.05) is 0 Å². The van der Waals surface area contributed by atoms with Gasteiger partial charge in [-0.15, -0.1) is 0 Å². The highest BCUT2D eigenvalue weighted by Gasteiger charge is 2.34. The van der Waals surface area contributed by atoms with E-state index in [1.165, 1.54) is 0 Å². The molecule has 0 fully saturated rings. The monoisotopic (exact) mass is 227 g/mol. The van der Waals surface area contributed by atoms with Crippen LogP contribution < -0.4 is 5.56 Å². The van der Waals surface area contributed by atoms with Gasteiger partial charge in [0.2, 0.25) is 0 Å². The highest BCUT2D eigenvalue weighted by molar-refractivity contribution is 5.27. The van der Waals surface area contributed by atoms with Gasteiger partial charge >= 0.3 is 6.18 Å². The van der Waals surface area contributed by atoms with Gasteiger partial charge in [0, 0.05) is 5.69 Å². The fraction of sp³-hybridized carbons (Fsp3) is 0.375. The van der Waals surface area contributed by atoms with Crippen molar-refractivity contribution in [2.75, 3.05) is 0 Å². The van der Waals surface area contributed by atoms with Gasteiger partial charge in [0.15, 0.2) is 0 Å². The maximum atomic E-state index is 12.3. The largest absolute Gasteiger partial charge is 0.418 e. The predicted octanol–water partition coefficient (Wildman–Crippen LogP) is 2.64. The SMILES string of the molecule is Cc1[nH]c(=O)c(C(F)F)cc1C(F)(F)F. The van der Waals surface area contributed by atoms with Crippen molar-refractivity contribution in [3.05, 3.63) is 33.2 Å². The summed E-state index contributed by atoms with van der Waals surface area (Å²) in [7, 11) is 0. The molecule has 0 bridgehead atoms. The van der Waals surface area contributed by atoms with Gasteiger partial charge in [-0.2, -0.15) is 13.2 Å². The summed E-state index contributed by atoms with van der Waals surface area (Å²) in [5, 5.41) is 0. The molecule has 1 rings (SSSR count). The fourth-order valence-corrected chi connectivity index (χ4v) is 1.10. The van der Waals surface area contributed by atoms with Crippen LogP contribution in [0.2, 0.25) is 0 Å². The molecule has 1 heterocycles. The lowest BCUT2D eigenvalue weighted by atomic mass is 10.1. The van der Waals surface area contributed by atoms with Gasteiger partial charge in [-0.3, -0.25) is 4.79 Å². The van der Waals surface area contributed by atoms with E-state index < -0.39 is 35.0 Å². The number of halogens is 5. The van der Waals surface area contributed by atoms with Crippen LogP contribution in [0, 0.1) is 6.92 Å². The first kappa shape index (κ1) is 11.7. The van der Waals surface area contributed by atoms with E-state index in [0.717, 1.165) is 6.92 Å². The molecule has 0 aliphatic carbocycles. The molecule has 84 valence electrons. The average molecular weight is 227 g/mol. The molecule has 0 radical (unpaired) electrons. The van der Waals surface area contributed by atoms with E-state index in [-0.39, 0.29) is 6.07 Å². The average Bonchev–Trinajstić information content (AvgIpc) is 2.00. The Balaban J connectivity index is 3.44. The quantitative estimate of drug-likeness (QED) is 0.735. The highest BCUT2D eigenvalue weighted by Crippen LogP contribution is 2.32. The van der Waals surface area contributed by atoms with E-state index in [4.69, 9.17) is 0 Å². The van der Waals surface area contributed by atoms with Crippen molar-refractivity contribution >= 4 is 0 Å². The fourth-order valence-electron chi connectivity index (χ4n) is 1.10. The van der Waals surface area contributed by atoms with Crippen molar-refractivity contribution in [2.24, 2.45) is 0 Å². The maximum absolute atomic E-state index is 12.3. The molecule has 1 aromatic heterocycles. The maximum Gasteiger partial charge on any atom is 0.418 e. The van der Waals surface area contributed by atoms with Crippen molar-refractivity contribution in [3.8, 4) is 0 Å². The third-order valence-corrected chi connectivity index (χ3v) is 1.81. The van der Waals surface area contributed by atoms with Crippen LogP contribution >= 0.6 is 0 Å². The van der Waals surface area contributed by atoms with Crippen molar-refractivity contribution in [1.29, 1.82) is 0 Å². The zero-order valence-corrected chi connectivity index (χ0v) is 7.45. The Morgan fingerprint density at radius 1 is 1.33 bits per heavy atom. The normalized spacial score (nSPS) is 12.2. The van der Waals surface area contributed by atoms with Crippen LogP contribution in [-0.4, -0.2) is 4.98 Å². The minimum atomic E-state index is -4.75. The lowest BCUT2D eigenvalue weighted by molar-refractivity contribution is -0.138. The summed E-state index contributed by atoms with van der Waals surface area (Å²) in [4.78, 5) is 12.6. The molecule has 0 saturated carbocycles. The molecule has 0 aliphatic heterocycles. The molecule has 0 saturated heterocycles. The summed E-state index contributed by atoms with van der Waals surface area (Å²) in [6, 6.07) is 0.179. The van der Waals surface area contributed by atoms with Crippen LogP contribution in [0.5, 0.6) is 0 Å². The third kappa shape index (κ3) is 2.34. The Labute approximate surface area is 80.7 Å². The van der Waals surface area contributed by atoms with Crippen molar-refractivity contribution in [3.63, 3.8) is 0 Å². The molecule has 0 aliphatic rings. The highest BCUT2D eigenvalue weighted by atomic mass is 19.4. The zero-order valence-electron chi connectivity index (χ0n) is 7.45. The summed E-state index contributed by atoms with van der Waals surface area (Å²) in [6.07, 6.45) is -7.98. The Hall–Kier alpha value is -1.40. The van der Waals surface area contributed by atoms with Crippen molar-refractivity contribution in [1.82, 2.24) is 4.98 Å². The zero-order chi connectivity index (χ0) is 11.8. The molecule has 0 aromatic carbocycles. The second-order valence-corrected chi connectivity index (χ2v) is 2.89. The number of aryl methyl sites for hydroxylation is 1. The summed E-state index contributed by atoms with van der Waals surface area (Å²) < 4.78 is 61.1. The van der Waals surface area contributed by atoms with Crippen molar-refractivity contribution in [2.45, 2.75) is 19.5 Å². The molecular formula is C8H6F5NO. The Morgan fingerprint density at radius 2 is 1.87 bits per heavy atom. The topological polar surface area (TPSA) is 32.9 Å². The number of H-pyrrole nitrogens is 1. The Bertz CT molecular complexity index is 420. The number of pyridine rings is 1. The lowest BCUT2D eigenvalue weighted by Gasteiger charge is -2.10. The standard InChI is InChI=1S/C8H6F5NO/c1-3-5(8(11,12)13)2-4(6(9)10)7(15)14-3/h2,6H,1H3,(H,14,15). The number of alkyl halides is 5. The van der Waals surface area contributed by atoms with Gasteiger partial charge in [0.25, 0.3) is 12.0 Å². The number of aromatic nitrogens is 1. The first-order chi connectivity index (χ1) is 6.73. The van der Waals surface area contributed by atoms with E-state index in [0.29, 0.717) is 0 Å². The number of aromatic amines is 1. The number of rotatable bonds is 1. The summed E-state index contributed by atoms with van der Waals surface area (Å²) in [5.41, 5.74) is -4.10. The van der Waals surface area contributed by atoms with Crippen molar-refractivity contribution < 1.29 is 22.0 Å². The number of hydrogen-bond donors (Lipinski definition) is 1. The number of nitrogens with one attached hydrogen (secondary N) is 1. The minimum absolute atomic E-state index is 0.179. The van der Waals surface area contributed by atoms with Crippen LogP contribution in [0.4, 0.5) is 22.0 Å². The molecule has 0 amide bonds. The van der Waals surface area contributed by atoms with E-state index in [1.807, 2.05) is 0 Å². The summed E-state index contributed by atoms with van der Waals surface area (Å²) >= 11 is 0. The molecule has 0 atom stereocenters. The minimum Gasteiger partial charge on any atom is -0.325 e. The van der Waals surface area contributed by atoms with Gasteiger partial charge in [-0.05, 0) is 13.0 Å². The molecular weight excluding hydrogens is 221 g/mol. The van der Waals surface area contributed by atoms with E-state index in [9.17, 15) is 26.7 Å². The third-order valence-electron chi connectivity index (χ3n) is 1.81.